The number of amides is 1. The van der Waals surface area contributed by atoms with E-state index in [1.54, 1.807) is 12.1 Å². The van der Waals surface area contributed by atoms with E-state index in [4.69, 9.17) is 12.2 Å². The molecule has 0 aliphatic carbocycles. The van der Waals surface area contributed by atoms with E-state index in [1.165, 1.54) is 32.4 Å². The number of aryl methyl sites for hydroxylation is 1. The minimum atomic E-state index is -0.626. The van der Waals surface area contributed by atoms with Crippen molar-refractivity contribution < 1.29 is 23.9 Å². The Morgan fingerprint density at radius 3 is 1.85 bits per heavy atom. The zero-order valence-corrected chi connectivity index (χ0v) is 15.8. The predicted octanol–water partition coefficient (Wildman–Crippen LogP) is 2.70. The van der Waals surface area contributed by atoms with Gasteiger partial charge >= 0.3 is 11.9 Å². The smallest absolute Gasteiger partial charge is 0.337 e. The lowest BCUT2D eigenvalue weighted by Crippen LogP contribution is -2.34. The third kappa shape index (κ3) is 5.35. The third-order valence-corrected chi connectivity index (χ3v) is 3.78. The second kappa shape index (κ2) is 8.91. The van der Waals surface area contributed by atoms with Crippen LogP contribution in [0.15, 0.2) is 42.5 Å². The summed E-state index contributed by atoms with van der Waals surface area (Å²) in [7, 11) is 2.46. The minimum absolute atomic E-state index is 0.0124. The first-order valence-corrected chi connectivity index (χ1v) is 8.25. The number of carbonyl (C=O) groups excluding carboxylic acids is 3. The zero-order chi connectivity index (χ0) is 20.0. The Morgan fingerprint density at radius 2 is 1.37 bits per heavy atom. The number of benzene rings is 2. The highest BCUT2D eigenvalue weighted by molar-refractivity contribution is 7.80. The van der Waals surface area contributed by atoms with Crippen molar-refractivity contribution in [2.75, 3.05) is 19.5 Å². The summed E-state index contributed by atoms with van der Waals surface area (Å²) in [6.45, 7) is 1.92. The van der Waals surface area contributed by atoms with Crippen LogP contribution in [0, 0.1) is 6.92 Å². The standard InChI is InChI=1S/C19H18N2O5S/c1-11-4-6-12(7-5-11)16(22)21-19(27)20-15-9-13(17(23)25-2)8-14(10-15)18(24)26-3/h4-10H,1-3H3,(H2,20,21,22,27). The van der Waals surface area contributed by atoms with Crippen LogP contribution in [0.1, 0.15) is 36.6 Å². The van der Waals surface area contributed by atoms with Gasteiger partial charge in [0.05, 0.1) is 25.3 Å². The molecule has 140 valence electrons. The zero-order valence-electron chi connectivity index (χ0n) is 15.0. The van der Waals surface area contributed by atoms with E-state index in [2.05, 4.69) is 20.1 Å². The Morgan fingerprint density at radius 1 is 0.852 bits per heavy atom. The van der Waals surface area contributed by atoms with Gasteiger partial charge in [0.15, 0.2) is 5.11 Å². The number of thiocarbonyl (C=S) groups is 1. The summed E-state index contributed by atoms with van der Waals surface area (Å²) >= 11 is 5.14. The average molecular weight is 386 g/mol. The van der Waals surface area contributed by atoms with Crippen LogP contribution in [-0.4, -0.2) is 37.2 Å². The molecule has 8 heteroatoms. The summed E-state index contributed by atoms with van der Waals surface area (Å²) in [5.41, 5.74) is 2.07. The van der Waals surface area contributed by atoms with Gasteiger partial charge in [0, 0.05) is 11.3 Å². The molecule has 0 atom stereocenters. The molecule has 0 saturated heterocycles. The van der Waals surface area contributed by atoms with E-state index in [1.807, 2.05) is 19.1 Å². The first kappa shape index (κ1) is 20.1. The molecule has 0 saturated carbocycles. The normalized spacial score (nSPS) is 9.89. The second-order valence-electron chi connectivity index (χ2n) is 5.56. The minimum Gasteiger partial charge on any atom is -0.465 e. The summed E-state index contributed by atoms with van der Waals surface area (Å²) in [6.07, 6.45) is 0. The van der Waals surface area contributed by atoms with Crippen molar-refractivity contribution in [2.24, 2.45) is 0 Å². The van der Waals surface area contributed by atoms with Gasteiger partial charge in [-0.2, -0.15) is 0 Å². The number of esters is 2. The SMILES string of the molecule is COC(=O)c1cc(NC(=S)NC(=O)c2ccc(C)cc2)cc(C(=O)OC)c1. The second-order valence-corrected chi connectivity index (χ2v) is 5.96. The quantitative estimate of drug-likeness (QED) is 0.616. The van der Waals surface area contributed by atoms with Crippen molar-refractivity contribution in [2.45, 2.75) is 6.92 Å². The Balaban J connectivity index is 2.18. The molecule has 0 aliphatic rings. The Bertz CT molecular complexity index is 859. The molecule has 7 nitrogen and oxygen atoms in total. The van der Waals surface area contributed by atoms with Crippen LogP contribution in [0.2, 0.25) is 0 Å². The number of ether oxygens (including phenoxy) is 2. The van der Waals surface area contributed by atoms with Crippen LogP contribution in [0.25, 0.3) is 0 Å². The number of hydrogen-bond acceptors (Lipinski definition) is 6. The molecule has 2 N–H and O–H groups in total. The molecule has 2 aromatic rings. The van der Waals surface area contributed by atoms with Crippen molar-refractivity contribution in [1.29, 1.82) is 0 Å². The molecule has 0 aromatic heterocycles. The van der Waals surface area contributed by atoms with Crippen LogP contribution in [0.5, 0.6) is 0 Å². The lowest BCUT2D eigenvalue weighted by Gasteiger charge is -2.12. The highest BCUT2D eigenvalue weighted by Crippen LogP contribution is 2.17. The van der Waals surface area contributed by atoms with Gasteiger partial charge in [0.25, 0.3) is 5.91 Å². The van der Waals surface area contributed by atoms with E-state index in [9.17, 15) is 14.4 Å². The Labute approximate surface area is 161 Å². The van der Waals surface area contributed by atoms with Gasteiger partial charge in [-0.15, -0.1) is 0 Å². The number of rotatable bonds is 4. The lowest BCUT2D eigenvalue weighted by atomic mass is 10.1. The summed E-state index contributed by atoms with van der Waals surface area (Å²) < 4.78 is 9.35. The largest absolute Gasteiger partial charge is 0.465 e. The van der Waals surface area contributed by atoms with Crippen LogP contribution in [-0.2, 0) is 9.47 Å². The van der Waals surface area contributed by atoms with Gasteiger partial charge in [-0.05, 0) is 49.5 Å². The van der Waals surface area contributed by atoms with Gasteiger partial charge in [-0.25, -0.2) is 9.59 Å². The van der Waals surface area contributed by atoms with Gasteiger partial charge in [-0.1, -0.05) is 17.7 Å². The maximum atomic E-state index is 12.2. The Kier molecular flexibility index (Phi) is 6.62. The Hall–Kier alpha value is -3.26. The molecule has 0 unspecified atom stereocenters. The van der Waals surface area contributed by atoms with Gasteiger partial charge in [0.1, 0.15) is 0 Å². The van der Waals surface area contributed by atoms with Crippen LogP contribution >= 0.6 is 12.2 Å². The maximum Gasteiger partial charge on any atom is 0.337 e. The monoisotopic (exact) mass is 386 g/mol. The molecular formula is C19H18N2O5S. The molecule has 0 heterocycles. The van der Waals surface area contributed by atoms with E-state index in [-0.39, 0.29) is 22.1 Å². The van der Waals surface area contributed by atoms with Crippen molar-refractivity contribution in [3.63, 3.8) is 0 Å². The van der Waals surface area contributed by atoms with Crippen LogP contribution in [0.3, 0.4) is 0 Å². The van der Waals surface area contributed by atoms with Crippen molar-refractivity contribution in [1.82, 2.24) is 5.32 Å². The number of methoxy groups -OCH3 is 2. The summed E-state index contributed by atoms with van der Waals surface area (Å²) in [5, 5.41) is 5.33. The van der Waals surface area contributed by atoms with E-state index < -0.39 is 11.9 Å². The highest BCUT2D eigenvalue weighted by Gasteiger charge is 2.15. The summed E-state index contributed by atoms with van der Waals surface area (Å²) in [6, 6.07) is 11.2. The molecule has 1 amide bonds. The maximum absolute atomic E-state index is 12.2. The number of nitrogens with one attached hydrogen (secondary N) is 2. The molecule has 27 heavy (non-hydrogen) atoms. The van der Waals surface area contributed by atoms with Crippen molar-refractivity contribution in [3.8, 4) is 0 Å². The molecule has 0 radical (unpaired) electrons. The van der Waals surface area contributed by atoms with Gasteiger partial charge in [-0.3, -0.25) is 10.1 Å². The highest BCUT2D eigenvalue weighted by atomic mass is 32.1. The fraction of sp³-hybridized carbons (Fsp3) is 0.158. The molecule has 2 aromatic carbocycles. The van der Waals surface area contributed by atoms with Gasteiger partial charge < -0.3 is 14.8 Å². The number of anilines is 1. The van der Waals surface area contributed by atoms with Crippen molar-refractivity contribution in [3.05, 3.63) is 64.7 Å². The average Bonchev–Trinajstić information content (AvgIpc) is 2.66. The predicted molar refractivity (Wildman–Crippen MR) is 104 cm³/mol. The molecule has 0 aliphatic heterocycles. The lowest BCUT2D eigenvalue weighted by molar-refractivity contribution is 0.0599. The molecule has 0 bridgehead atoms. The topological polar surface area (TPSA) is 93.7 Å². The molecule has 2 rings (SSSR count). The van der Waals surface area contributed by atoms with Gasteiger partial charge in [0.2, 0.25) is 0 Å². The van der Waals surface area contributed by atoms with Crippen LogP contribution in [0.4, 0.5) is 5.69 Å². The number of carbonyl (C=O) groups is 3. The molecular weight excluding hydrogens is 368 g/mol. The van der Waals surface area contributed by atoms with E-state index >= 15 is 0 Å². The van der Waals surface area contributed by atoms with E-state index in [0.29, 0.717) is 11.3 Å². The van der Waals surface area contributed by atoms with Crippen LogP contribution < -0.4 is 10.6 Å². The fourth-order valence-electron chi connectivity index (χ4n) is 2.21. The molecule has 0 fully saturated rings. The van der Waals surface area contributed by atoms with E-state index in [0.717, 1.165) is 5.56 Å². The fourth-order valence-corrected chi connectivity index (χ4v) is 2.42. The third-order valence-electron chi connectivity index (χ3n) is 3.57. The first-order chi connectivity index (χ1) is 12.8. The first-order valence-electron chi connectivity index (χ1n) is 7.84. The summed E-state index contributed by atoms with van der Waals surface area (Å²) in [5.74, 6) is -1.64. The van der Waals surface area contributed by atoms with Crippen molar-refractivity contribution >= 4 is 40.9 Å². The number of hydrogen-bond donors (Lipinski definition) is 2. The molecule has 0 spiro atoms. The summed E-state index contributed by atoms with van der Waals surface area (Å²) in [4.78, 5) is 35.8.